The Morgan fingerprint density at radius 1 is 0.826 bits per heavy atom. The fourth-order valence-electron chi connectivity index (χ4n) is 4.66. The summed E-state index contributed by atoms with van der Waals surface area (Å²) in [7, 11) is 0. The molecule has 4 N–H and O–H groups in total. The van der Waals surface area contributed by atoms with Crippen LogP contribution >= 0.6 is 0 Å². The van der Waals surface area contributed by atoms with E-state index in [0.717, 1.165) is 38.5 Å². The highest BCUT2D eigenvalue weighted by Gasteiger charge is 2.33. The summed E-state index contributed by atoms with van der Waals surface area (Å²) < 4.78 is 0. The van der Waals surface area contributed by atoms with Gasteiger partial charge in [-0.15, -0.1) is 0 Å². The molecule has 132 valence electrons. The SMILES string of the molecule is CC1CC(CC2CCC(NC(=O)O)C(C)C2)CCC1NC(=O)O. The monoisotopic (exact) mass is 326 g/mol. The van der Waals surface area contributed by atoms with E-state index in [1.807, 2.05) is 0 Å². The van der Waals surface area contributed by atoms with Gasteiger partial charge in [0.15, 0.2) is 0 Å². The average molecular weight is 326 g/mol. The van der Waals surface area contributed by atoms with Gasteiger partial charge in [0.25, 0.3) is 0 Å². The van der Waals surface area contributed by atoms with Crippen molar-refractivity contribution in [2.45, 2.75) is 70.9 Å². The maximum absolute atomic E-state index is 10.8. The molecule has 0 aromatic rings. The molecule has 0 aliphatic heterocycles. The van der Waals surface area contributed by atoms with Crippen molar-refractivity contribution in [3.63, 3.8) is 0 Å². The van der Waals surface area contributed by atoms with Crippen LogP contribution in [0.25, 0.3) is 0 Å². The molecule has 0 saturated heterocycles. The molecule has 6 unspecified atom stereocenters. The Balaban J connectivity index is 1.76. The minimum absolute atomic E-state index is 0.0955. The van der Waals surface area contributed by atoms with Crippen LogP contribution in [-0.4, -0.2) is 34.5 Å². The van der Waals surface area contributed by atoms with E-state index in [-0.39, 0.29) is 12.1 Å². The molecule has 0 aromatic heterocycles. The zero-order valence-corrected chi connectivity index (χ0v) is 14.1. The predicted molar refractivity (Wildman–Crippen MR) is 87.5 cm³/mol. The highest BCUT2D eigenvalue weighted by atomic mass is 16.4. The highest BCUT2D eigenvalue weighted by Crippen LogP contribution is 2.38. The van der Waals surface area contributed by atoms with Crippen LogP contribution in [-0.2, 0) is 0 Å². The standard InChI is InChI=1S/C17H30N2O4/c1-10-7-12(3-5-14(10)18-16(20)21)9-13-4-6-15(11(2)8-13)19-17(22)23/h10-15,18-19H,3-9H2,1-2H3,(H,20,21)(H,22,23). The predicted octanol–water partition coefficient (Wildman–Crippen LogP) is 3.52. The molecule has 6 heteroatoms. The average Bonchev–Trinajstić information content (AvgIpc) is 2.44. The molecule has 2 saturated carbocycles. The van der Waals surface area contributed by atoms with Crippen molar-refractivity contribution in [2.75, 3.05) is 0 Å². The third kappa shape index (κ3) is 5.29. The molecule has 6 nitrogen and oxygen atoms in total. The molecule has 0 radical (unpaired) electrons. The van der Waals surface area contributed by atoms with Crippen molar-refractivity contribution >= 4 is 12.2 Å². The Hall–Kier alpha value is -1.46. The Morgan fingerprint density at radius 2 is 1.22 bits per heavy atom. The molecule has 0 bridgehead atoms. The number of rotatable bonds is 4. The molecule has 2 aliphatic carbocycles. The molecule has 23 heavy (non-hydrogen) atoms. The summed E-state index contributed by atoms with van der Waals surface area (Å²) in [5.41, 5.74) is 0. The second-order valence-corrected chi connectivity index (χ2v) is 7.66. The fourth-order valence-corrected chi connectivity index (χ4v) is 4.66. The number of carbonyl (C=O) groups is 2. The van der Waals surface area contributed by atoms with Crippen molar-refractivity contribution in [2.24, 2.45) is 23.7 Å². The second-order valence-electron chi connectivity index (χ2n) is 7.66. The van der Waals surface area contributed by atoms with Gasteiger partial charge in [-0.25, -0.2) is 9.59 Å². The van der Waals surface area contributed by atoms with Gasteiger partial charge in [0.1, 0.15) is 0 Å². The summed E-state index contributed by atoms with van der Waals surface area (Å²) in [5, 5.41) is 23.0. The van der Waals surface area contributed by atoms with Gasteiger partial charge in [-0.2, -0.15) is 0 Å². The molecule has 0 aromatic carbocycles. The highest BCUT2D eigenvalue weighted by molar-refractivity contribution is 5.65. The second kappa shape index (κ2) is 7.88. The largest absolute Gasteiger partial charge is 0.465 e. The summed E-state index contributed by atoms with van der Waals surface area (Å²) in [6, 6.07) is 0.191. The number of hydrogen-bond acceptors (Lipinski definition) is 2. The zero-order valence-electron chi connectivity index (χ0n) is 14.1. The normalized spacial score (nSPS) is 37.8. The molecule has 6 atom stereocenters. The number of hydrogen-bond donors (Lipinski definition) is 4. The van der Waals surface area contributed by atoms with Crippen molar-refractivity contribution in [3.8, 4) is 0 Å². The van der Waals surface area contributed by atoms with Gasteiger partial charge < -0.3 is 20.8 Å². The van der Waals surface area contributed by atoms with Gasteiger partial charge in [-0.1, -0.05) is 13.8 Å². The van der Waals surface area contributed by atoms with E-state index in [4.69, 9.17) is 10.2 Å². The number of carboxylic acid groups (broad SMARTS) is 2. The van der Waals surface area contributed by atoms with E-state index < -0.39 is 12.2 Å². The van der Waals surface area contributed by atoms with Gasteiger partial charge in [0.05, 0.1) is 0 Å². The molecular formula is C17H30N2O4. The minimum Gasteiger partial charge on any atom is -0.465 e. The minimum atomic E-state index is -0.918. The molecule has 0 heterocycles. The quantitative estimate of drug-likeness (QED) is 0.635. The molecule has 2 amide bonds. The van der Waals surface area contributed by atoms with E-state index in [1.165, 1.54) is 6.42 Å². The lowest BCUT2D eigenvalue weighted by Crippen LogP contribution is -2.43. The van der Waals surface area contributed by atoms with Crippen LogP contribution in [0.15, 0.2) is 0 Å². The Labute approximate surface area is 138 Å². The first kappa shape index (κ1) is 17.9. The first-order valence-electron chi connectivity index (χ1n) is 8.84. The van der Waals surface area contributed by atoms with E-state index in [9.17, 15) is 9.59 Å². The van der Waals surface area contributed by atoms with Crippen LogP contribution < -0.4 is 10.6 Å². The lowest BCUT2D eigenvalue weighted by atomic mass is 9.70. The van der Waals surface area contributed by atoms with Crippen molar-refractivity contribution in [1.82, 2.24) is 10.6 Å². The zero-order chi connectivity index (χ0) is 17.0. The van der Waals surface area contributed by atoms with Gasteiger partial charge in [-0.3, -0.25) is 0 Å². The summed E-state index contributed by atoms with van der Waals surface area (Å²) in [6.07, 6.45) is 5.60. The van der Waals surface area contributed by atoms with Crippen molar-refractivity contribution in [1.29, 1.82) is 0 Å². The van der Waals surface area contributed by atoms with Crippen LogP contribution in [0.4, 0.5) is 9.59 Å². The third-order valence-electron chi connectivity index (χ3n) is 5.84. The summed E-state index contributed by atoms with van der Waals surface area (Å²) in [5.74, 6) is 2.15. The Kier molecular flexibility index (Phi) is 6.13. The first-order valence-corrected chi connectivity index (χ1v) is 8.84. The van der Waals surface area contributed by atoms with Crippen LogP contribution in [0.3, 0.4) is 0 Å². The smallest absolute Gasteiger partial charge is 0.404 e. The van der Waals surface area contributed by atoms with Crippen LogP contribution in [0, 0.1) is 23.7 Å². The lowest BCUT2D eigenvalue weighted by molar-refractivity contribution is 0.136. The topological polar surface area (TPSA) is 98.7 Å². The Bertz CT molecular complexity index is 391. The molecular weight excluding hydrogens is 296 g/mol. The molecule has 0 spiro atoms. The van der Waals surface area contributed by atoms with E-state index >= 15 is 0 Å². The van der Waals surface area contributed by atoms with Crippen LogP contribution in [0.5, 0.6) is 0 Å². The van der Waals surface area contributed by atoms with Gasteiger partial charge >= 0.3 is 12.2 Å². The maximum Gasteiger partial charge on any atom is 0.404 e. The van der Waals surface area contributed by atoms with Crippen molar-refractivity contribution < 1.29 is 19.8 Å². The maximum atomic E-state index is 10.8. The van der Waals surface area contributed by atoms with Crippen LogP contribution in [0.2, 0.25) is 0 Å². The van der Waals surface area contributed by atoms with Gasteiger partial charge in [-0.05, 0) is 68.6 Å². The Morgan fingerprint density at radius 3 is 1.52 bits per heavy atom. The molecule has 2 rings (SSSR count). The number of nitrogens with one attached hydrogen (secondary N) is 2. The molecule has 2 fully saturated rings. The molecule has 2 aliphatic rings. The van der Waals surface area contributed by atoms with Gasteiger partial charge in [0, 0.05) is 12.1 Å². The van der Waals surface area contributed by atoms with E-state index in [1.54, 1.807) is 0 Å². The van der Waals surface area contributed by atoms with E-state index in [2.05, 4.69) is 24.5 Å². The lowest BCUT2D eigenvalue weighted by Gasteiger charge is -2.39. The fraction of sp³-hybridized carbons (Fsp3) is 0.882. The van der Waals surface area contributed by atoms with Gasteiger partial charge in [0.2, 0.25) is 0 Å². The summed E-state index contributed by atoms with van der Waals surface area (Å²) in [4.78, 5) is 21.6. The summed E-state index contributed by atoms with van der Waals surface area (Å²) in [6.45, 7) is 4.28. The number of amides is 2. The van der Waals surface area contributed by atoms with Crippen LogP contribution in [0.1, 0.15) is 58.8 Å². The first-order chi connectivity index (χ1) is 10.8. The van der Waals surface area contributed by atoms with Crippen molar-refractivity contribution in [3.05, 3.63) is 0 Å². The summed E-state index contributed by atoms with van der Waals surface area (Å²) >= 11 is 0. The van der Waals surface area contributed by atoms with E-state index in [0.29, 0.717) is 23.7 Å². The third-order valence-corrected chi connectivity index (χ3v) is 5.84.